The minimum Gasteiger partial charge on any atom is -0.377 e. The molecule has 0 spiro atoms. The molecule has 0 radical (unpaired) electrons. The molecule has 4 nitrogen and oxygen atoms in total. The Morgan fingerprint density at radius 2 is 2.47 bits per heavy atom. The first-order valence-corrected chi connectivity index (χ1v) is 5.75. The highest BCUT2D eigenvalue weighted by Crippen LogP contribution is 2.11. The van der Waals surface area contributed by atoms with Crippen LogP contribution < -0.4 is 5.32 Å². The van der Waals surface area contributed by atoms with E-state index in [1.165, 1.54) is 19.3 Å². The first kappa shape index (κ1) is 10.6. The number of hydrogen-bond donors (Lipinski definition) is 1. The van der Waals surface area contributed by atoms with Gasteiger partial charge in [0.05, 0.1) is 12.6 Å². The lowest BCUT2D eigenvalue weighted by Gasteiger charge is -2.22. The van der Waals surface area contributed by atoms with Crippen molar-refractivity contribution in [2.24, 2.45) is 0 Å². The van der Waals surface area contributed by atoms with Crippen LogP contribution in [0.5, 0.6) is 0 Å². The van der Waals surface area contributed by atoms with Gasteiger partial charge in [0.15, 0.2) is 0 Å². The number of hydrogen-bond acceptors (Lipinski definition) is 3. The minimum atomic E-state index is 0.427. The molecule has 15 heavy (non-hydrogen) atoms. The zero-order valence-electron chi connectivity index (χ0n) is 9.06. The van der Waals surface area contributed by atoms with Crippen LogP contribution >= 0.6 is 0 Å². The van der Waals surface area contributed by atoms with Gasteiger partial charge in [-0.3, -0.25) is 4.68 Å². The molecule has 1 saturated heterocycles. The standard InChI is InChI=1S/C11H19N3O/c1-2-9-15-11(4-1)10-12-6-8-14-7-3-5-13-14/h3,5,7,11-12H,1-2,4,6,8-10H2. The molecule has 84 valence electrons. The number of nitrogens with zero attached hydrogens (tertiary/aromatic N) is 2. The summed E-state index contributed by atoms with van der Waals surface area (Å²) in [6.07, 6.45) is 7.96. The molecule has 1 aromatic rings. The number of aromatic nitrogens is 2. The van der Waals surface area contributed by atoms with Crippen LogP contribution in [-0.4, -0.2) is 35.6 Å². The van der Waals surface area contributed by atoms with Gasteiger partial charge in [-0.2, -0.15) is 5.10 Å². The molecule has 1 aliphatic rings. The van der Waals surface area contributed by atoms with Gasteiger partial charge in [0.25, 0.3) is 0 Å². The van der Waals surface area contributed by atoms with E-state index in [0.29, 0.717) is 6.10 Å². The van der Waals surface area contributed by atoms with Crippen LogP contribution in [0.25, 0.3) is 0 Å². The van der Waals surface area contributed by atoms with Crippen molar-refractivity contribution < 1.29 is 4.74 Å². The van der Waals surface area contributed by atoms with Gasteiger partial charge in [0.2, 0.25) is 0 Å². The van der Waals surface area contributed by atoms with Crippen LogP contribution in [0.3, 0.4) is 0 Å². The Bertz CT molecular complexity index is 255. The van der Waals surface area contributed by atoms with E-state index in [1.54, 1.807) is 0 Å². The molecule has 0 aromatic carbocycles. The fraction of sp³-hybridized carbons (Fsp3) is 0.727. The Hall–Kier alpha value is -0.870. The molecule has 0 bridgehead atoms. The van der Waals surface area contributed by atoms with Crippen LogP contribution in [0.15, 0.2) is 18.5 Å². The summed E-state index contributed by atoms with van der Waals surface area (Å²) in [4.78, 5) is 0. The van der Waals surface area contributed by atoms with Crippen molar-refractivity contribution >= 4 is 0 Å². The molecule has 1 N–H and O–H groups in total. The number of ether oxygens (including phenoxy) is 1. The molecule has 2 heterocycles. The molecule has 1 fully saturated rings. The van der Waals surface area contributed by atoms with Crippen LogP contribution in [-0.2, 0) is 11.3 Å². The van der Waals surface area contributed by atoms with E-state index in [4.69, 9.17) is 4.74 Å². The third-order valence-corrected chi connectivity index (χ3v) is 2.72. The van der Waals surface area contributed by atoms with Crippen LogP contribution in [0.2, 0.25) is 0 Å². The van der Waals surface area contributed by atoms with Gasteiger partial charge in [-0.1, -0.05) is 0 Å². The quantitative estimate of drug-likeness (QED) is 0.736. The average Bonchev–Trinajstić information content (AvgIpc) is 2.79. The predicted molar refractivity (Wildman–Crippen MR) is 58.7 cm³/mol. The van der Waals surface area contributed by atoms with Crippen LogP contribution in [0.4, 0.5) is 0 Å². The van der Waals surface area contributed by atoms with Gasteiger partial charge in [-0.05, 0) is 25.3 Å². The Labute approximate surface area is 90.6 Å². The van der Waals surface area contributed by atoms with E-state index >= 15 is 0 Å². The molecule has 0 saturated carbocycles. The first-order chi connectivity index (χ1) is 7.45. The normalized spacial score (nSPS) is 21.7. The summed E-state index contributed by atoms with van der Waals surface area (Å²) < 4.78 is 7.57. The molecule has 2 rings (SSSR count). The van der Waals surface area contributed by atoms with Crippen molar-refractivity contribution in [2.45, 2.75) is 31.9 Å². The third-order valence-electron chi connectivity index (χ3n) is 2.72. The molecular weight excluding hydrogens is 190 g/mol. The Balaban J connectivity index is 1.54. The maximum Gasteiger partial charge on any atom is 0.0699 e. The highest BCUT2D eigenvalue weighted by molar-refractivity contribution is 4.77. The van der Waals surface area contributed by atoms with Crippen LogP contribution in [0, 0.1) is 0 Å². The van der Waals surface area contributed by atoms with Crippen molar-refractivity contribution in [2.75, 3.05) is 19.7 Å². The monoisotopic (exact) mass is 209 g/mol. The fourth-order valence-electron chi connectivity index (χ4n) is 1.86. The second-order valence-corrected chi connectivity index (χ2v) is 3.96. The van der Waals surface area contributed by atoms with E-state index in [2.05, 4.69) is 10.4 Å². The second kappa shape index (κ2) is 5.88. The molecule has 4 heteroatoms. The van der Waals surface area contributed by atoms with Crippen LogP contribution in [0.1, 0.15) is 19.3 Å². The number of rotatable bonds is 5. The van der Waals surface area contributed by atoms with Gasteiger partial charge in [-0.25, -0.2) is 0 Å². The number of nitrogens with one attached hydrogen (secondary N) is 1. The third kappa shape index (κ3) is 3.64. The molecule has 1 aromatic heterocycles. The second-order valence-electron chi connectivity index (χ2n) is 3.96. The van der Waals surface area contributed by atoms with E-state index in [-0.39, 0.29) is 0 Å². The summed E-state index contributed by atoms with van der Waals surface area (Å²) in [5, 5.41) is 7.55. The van der Waals surface area contributed by atoms with Gasteiger partial charge in [0, 0.05) is 32.1 Å². The Morgan fingerprint density at radius 3 is 3.20 bits per heavy atom. The van der Waals surface area contributed by atoms with Crippen molar-refractivity contribution in [1.29, 1.82) is 0 Å². The zero-order chi connectivity index (χ0) is 10.3. The van der Waals surface area contributed by atoms with E-state index in [0.717, 1.165) is 26.2 Å². The van der Waals surface area contributed by atoms with Crippen molar-refractivity contribution in [3.8, 4) is 0 Å². The van der Waals surface area contributed by atoms with Gasteiger partial charge >= 0.3 is 0 Å². The van der Waals surface area contributed by atoms with Crippen molar-refractivity contribution in [3.05, 3.63) is 18.5 Å². The first-order valence-electron chi connectivity index (χ1n) is 5.75. The summed E-state index contributed by atoms with van der Waals surface area (Å²) in [5.74, 6) is 0. The zero-order valence-corrected chi connectivity index (χ0v) is 9.06. The lowest BCUT2D eigenvalue weighted by Crippen LogP contribution is -2.33. The summed E-state index contributed by atoms with van der Waals surface area (Å²) in [6.45, 7) is 3.80. The smallest absolute Gasteiger partial charge is 0.0699 e. The largest absolute Gasteiger partial charge is 0.377 e. The van der Waals surface area contributed by atoms with Crippen molar-refractivity contribution in [3.63, 3.8) is 0 Å². The predicted octanol–water partition coefficient (Wildman–Crippen LogP) is 1.04. The van der Waals surface area contributed by atoms with E-state index < -0.39 is 0 Å². The summed E-state index contributed by atoms with van der Waals surface area (Å²) in [6, 6.07) is 1.95. The minimum absolute atomic E-state index is 0.427. The molecular formula is C11H19N3O. The maximum atomic E-state index is 5.63. The molecule has 1 atom stereocenters. The summed E-state index contributed by atoms with van der Waals surface area (Å²) >= 11 is 0. The lowest BCUT2D eigenvalue weighted by atomic mass is 10.1. The molecule has 1 aliphatic heterocycles. The van der Waals surface area contributed by atoms with Crippen molar-refractivity contribution in [1.82, 2.24) is 15.1 Å². The van der Waals surface area contributed by atoms with Gasteiger partial charge in [-0.15, -0.1) is 0 Å². The molecule has 0 amide bonds. The van der Waals surface area contributed by atoms with E-state index in [9.17, 15) is 0 Å². The molecule has 0 aliphatic carbocycles. The Kier molecular flexibility index (Phi) is 4.17. The lowest BCUT2D eigenvalue weighted by molar-refractivity contribution is 0.0169. The van der Waals surface area contributed by atoms with E-state index in [1.807, 2.05) is 23.1 Å². The Morgan fingerprint density at radius 1 is 1.47 bits per heavy atom. The van der Waals surface area contributed by atoms with Gasteiger partial charge < -0.3 is 10.1 Å². The maximum absolute atomic E-state index is 5.63. The summed E-state index contributed by atoms with van der Waals surface area (Å²) in [7, 11) is 0. The topological polar surface area (TPSA) is 39.1 Å². The highest BCUT2D eigenvalue weighted by atomic mass is 16.5. The summed E-state index contributed by atoms with van der Waals surface area (Å²) in [5.41, 5.74) is 0. The van der Waals surface area contributed by atoms with Gasteiger partial charge in [0.1, 0.15) is 0 Å². The fourth-order valence-corrected chi connectivity index (χ4v) is 1.86. The SMILES string of the molecule is c1cnn(CCNCC2CCCCO2)c1. The average molecular weight is 209 g/mol. The highest BCUT2D eigenvalue weighted by Gasteiger charge is 2.12. The molecule has 1 unspecified atom stereocenters.